The van der Waals surface area contributed by atoms with Crippen LogP contribution in [0.3, 0.4) is 0 Å². The highest BCUT2D eigenvalue weighted by atomic mass is 32.1. The molecule has 2 aromatic carbocycles. The average Bonchev–Trinajstić information content (AvgIpc) is 2.49. The molecule has 0 aliphatic rings. The van der Waals surface area contributed by atoms with Crippen LogP contribution in [-0.4, -0.2) is 19.3 Å². The molecule has 4 nitrogen and oxygen atoms in total. The van der Waals surface area contributed by atoms with E-state index in [0.29, 0.717) is 16.6 Å². The lowest BCUT2D eigenvalue weighted by Gasteiger charge is -2.11. The monoisotopic (exact) mass is 288 g/mol. The summed E-state index contributed by atoms with van der Waals surface area (Å²) >= 11 is 5.04. The summed E-state index contributed by atoms with van der Waals surface area (Å²) in [7, 11) is 3.39. The number of anilines is 1. The second kappa shape index (κ2) is 6.77. The van der Waals surface area contributed by atoms with E-state index >= 15 is 0 Å². The summed E-state index contributed by atoms with van der Waals surface area (Å²) in [5, 5.41) is 6.47. The van der Waals surface area contributed by atoms with Gasteiger partial charge in [-0.25, -0.2) is 0 Å². The number of hydrogen-bond acceptors (Lipinski definition) is 3. The van der Waals surface area contributed by atoms with Crippen molar-refractivity contribution >= 4 is 23.0 Å². The molecule has 0 aliphatic carbocycles. The standard InChI is InChI=1S/C15H16N2O2S/c1-16-15(20)17-11-7-9-12(10-8-11)19-14-6-4-3-5-13(14)18-2/h3-10H,1-2H3,(H2,16,17,20). The fraction of sp³-hybridized carbons (Fsp3) is 0.133. The molecule has 0 unspecified atom stereocenters. The Morgan fingerprint density at radius 3 is 2.25 bits per heavy atom. The normalized spacial score (nSPS) is 9.70. The van der Waals surface area contributed by atoms with Crippen LogP contribution in [0.5, 0.6) is 17.2 Å². The Hall–Kier alpha value is -2.27. The first kappa shape index (κ1) is 14.1. The van der Waals surface area contributed by atoms with Gasteiger partial charge in [0.05, 0.1) is 7.11 Å². The summed E-state index contributed by atoms with van der Waals surface area (Å²) in [5.74, 6) is 2.11. The maximum atomic E-state index is 5.79. The SMILES string of the molecule is CNC(=S)Nc1ccc(Oc2ccccc2OC)cc1. The number of nitrogens with one attached hydrogen (secondary N) is 2. The first-order valence-electron chi connectivity index (χ1n) is 6.12. The Kier molecular flexibility index (Phi) is 4.79. The summed E-state index contributed by atoms with van der Waals surface area (Å²) < 4.78 is 11.0. The van der Waals surface area contributed by atoms with Crippen molar-refractivity contribution in [2.75, 3.05) is 19.5 Å². The van der Waals surface area contributed by atoms with Gasteiger partial charge in [0.2, 0.25) is 0 Å². The fourth-order valence-corrected chi connectivity index (χ4v) is 1.75. The van der Waals surface area contributed by atoms with Gasteiger partial charge >= 0.3 is 0 Å². The molecule has 0 aliphatic heterocycles. The molecule has 0 radical (unpaired) electrons. The number of rotatable bonds is 4. The van der Waals surface area contributed by atoms with Crippen molar-refractivity contribution in [2.45, 2.75) is 0 Å². The van der Waals surface area contributed by atoms with Crippen LogP contribution in [0.2, 0.25) is 0 Å². The summed E-state index contributed by atoms with van der Waals surface area (Å²) in [6.45, 7) is 0. The van der Waals surface area contributed by atoms with Crippen molar-refractivity contribution in [3.8, 4) is 17.2 Å². The lowest BCUT2D eigenvalue weighted by molar-refractivity contribution is 0.379. The van der Waals surface area contributed by atoms with Crippen LogP contribution >= 0.6 is 12.2 Å². The van der Waals surface area contributed by atoms with Crippen LogP contribution in [0.25, 0.3) is 0 Å². The molecule has 5 heteroatoms. The molecule has 0 saturated heterocycles. The summed E-state index contributed by atoms with van der Waals surface area (Å²) in [5.41, 5.74) is 0.900. The zero-order chi connectivity index (χ0) is 14.4. The predicted molar refractivity (Wildman–Crippen MR) is 84.8 cm³/mol. The van der Waals surface area contributed by atoms with Crippen LogP contribution in [0.15, 0.2) is 48.5 Å². The van der Waals surface area contributed by atoms with Crippen molar-refractivity contribution < 1.29 is 9.47 Å². The molecule has 2 rings (SSSR count). The van der Waals surface area contributed by atoms with E-state index in [-0.39, 0.29) is 0 Å². The summed E-state index contributed by atoms with van der Waals surface area (Å²) in [6, 6.07) is 15.1. The minimum absolute atomic E-state index is 0.573. The van der Waals surface area contributed by atoms with Crippen LogP contribution < -0.4 is 20.1 Å². The van der Waals surface area contributed by atoms with Gasteiger partial charge in [-0.05, 0) is 48.6 Å². The van der Waals surface area contributed by atoms with E-state index in [1.165, 1.54) is 0 Å². The summed E-state index contributed by atoms with van der Waals surface area (Å²) in [4.78, 5) is 0. The van der Waals surface area contributed by atoms with E-state index in [1.807, 2.05) is 48.5 Å². The van der Waals surface area contributed by atoms with Gasteiger partial charge in [-0.1, -0.05) is 12.1 Å². The Labute approximate surface area is 123 Å². The second-order valence-electron chi connectivity index (χ2n) is 3.98. The predicted octanol–water partition coefficient (Wildman–Crippen LogP) is 3.40. The van der Waals surface area contributed by atoms with E-state index < -0.39 is 0 Å². The third-order valence-electron chi connectivity index (χ3n) is 2.64. The highest BCUT2D eigenvalue weighted by molar-refractivity contribution is 7.80. The average molecular weight is 288 g/mol. The summed E-state index contributed by atoms with van der Waals surface area (Å²) in [6.07, 6.45) is 0. The van der Waals surface area contributed by atoms with Crippen molar-refractivity contribution in [3.63, 3.8) is 0 Å². The molecule has 104 valence electrons. The maximum Gasteiger partial charge on any atom is 0.170 e. The van der Waals surface area contributed by atoms with Gasteiger partial charge < -0.3 is 20.1 Å². The first-order chi connectivity index (χ1) is 9.72. The largest absolute Gasteiger partial charge is 0.493 e. The van der Waals surface area contributed by atoms with Gasteiger partial charge in [-0.3, -0.25) is 0 Å². The van der Waals surface area contributed by atoms with Crippen LogP contribution in [0, 0.1) is 0 Å². The highest BCUT2D eigenvalue weighted by Crippen LogP contribution is 2.31. The third-order valence-corrected chi connectivity index (χ3v) is 2.94. The quantitative estimate of drug-likeness (QED) is 0.844. The maximum absolute atomic E-state index is 5.79. The van der Waals surface area contributed by atoms with Gasteiger partial charge in [0, 0.05) is 12.7 Å². The number of ether oxygens (including phenoxy) is 2. The molecule has 0 aromatic heterocycles. The van der Waals surface area contributed by atoms with E-state index in [4.69, 9.17) is 21.7 Å². The molecule has 0 saturated carbocycles. The zero-order valence-corrected chi connectivity index (χ0v) is 12.2. The molecule has 0 heterocycles. The van der Waals surface area contributed by atoms with Crippen LogP contribution in [0.1, 0.15) is 0 Å². The molecule has 0 atom stereocenters. The van der Waals surface area contributed by atoms with E-state index in [2.05, 4.69) is 10.6 Å². The molecule has 0 bridgehead atoms. The number of hydrogen-bond donors (Lipinski definition) is 2. The molecular weight excluding hydrogens is 272 g/mol. The lowest BCUT2D eigenvalue weighted by atomic mass is 10.3. The van der Waals surface area contributed by atoms with Crippen LogP contribution in [-0.2, 0) is 0 Å². The molecule has 0 spiro atoms. The topological polar surface area (TPSA) is 42.5 Å². The van der Waals surface area contributed by atoms with Crippen molar-refractivity contribution in [3.05, 3.63) is 48.5 Å². The van der Waals surface area contributed by atoms with Crippen molar-refractivity contribution in [1.29, 1.82) is 0 Å². The second-order valence-corrected chi connectivity index (χ2v) is 4.39. The number of methoxy groups -OCH3 is 1. The van der Waals surface area contributed by atoms with Gasteiger partial charge in [0.15, 0.2) is 16.6 Å². The van der Waals surface area contributed by atoms with Gasteiger partial charge in [-0.2, -0.15) is 0 Å². The fourth-order valence-electron chi connectivity index (χ4n) is 1.63. The van der Waals surface area contributed by atoms with E-state index in [9.17, 15) is 0 Å². The van der Waals surface area contributed by atoms with Gasteiger partial charge in [-0.15, -0.1) is 0 Å². The minimum Gasteiger partial charge on any atom is -0.493 e. The molecule has 0 amide bonds. The Morgan fingerprint density at radius 1 is 1.00 bits per heavy atom. The highest BCUT2D eigenvalue weighted by Gasteiger charge is 2.04. The van der Waals surface area contributed by atoms with Crippen molar-refractivity contribution in [2.24, 2.45) is 0 Å². The Morgan fingerprint density at radius 2 is 1.65 bits per heavy atom. The number of para-hydroxylation sites is 2. The lowest BCUT2D eigenvalue weighted by Crippen LogP contribution is -2.23. The first-order valence-corrected chi connectivity index (χ1v) is 6.53. The smallest absolute Gasteiger partial charge is 0.170 e. The van der Waals surface area contributed by atoms with Gasteiger partial charge in [0.25, 0.3) is 0 Å². The molecule has 2 aromatic rings. The van der Waals surface area contributed by atoms with E-state index in [1.54, 1.807) is 14.2 Å². The number of benzene rings is 2. The van der Waals surface area contributed by atoms with Crippen molar-refractivity contribution in [1.82, 2.24) is 5.32 Å². The molecule has 2 N–H and O–H groups in total. The Balaban J connectivity index is 2.09. The molecule has 0 fully saturated rings. The molecule has 20 heavy (non-hydrogen) atoms. The third kappa shape index (κ3) is 3.61. The minimum atomic E-state index is 0.573. The zero-order valence-electron chi connectivity index (χ0n) is 11.3. The van der Waals surface area contributed by atoms with Gasteiger partial charge in [0.1, 0.15) is 5.75 Å². The van der Waals surface area contributed by atoms with E-state index in [0.717, 1.165) is 11.4 Å². The Bertz CT molecular complexity index is 585. The van der Waals surface area contributed by atoms with Crippen LogP contribution in [0.4, 0.5) is 5.69 Å². The number of thiocarbonyl (C=S) groups is 1. The molecular formula is C15H16N2O2S.